The molecule has 5 rings (SSSR count). The lowest BCUT2D eigenvalue weighted by Gasteiger charge is -2.39. The van der Waals surface area contributed by atoms with Crippen molar-refractivity contribution in [3.05, 3.63) is 95.6 Å². The van der Waals surface area contributed by atoms with E-state index in [0.717, 1.165) is 42.6 Å². The van der Waals surface area contributed by atoms with Crippen LogP contribution in [0.4, 0.5) is 0 Å². The smallest absolute Gasteiger partial charge is 0.254 e. The van der Waals surface area contributed by atoms with Gasteiger partial charge in [-0.25, -0.2) is 0 Å². The molecule has 0 radical (unpaired) electrons. The highest BCUT2D eigenvalue weighted by Crippen LogP contribution is 2.44. The van der Waals surface area contributed by atoms with Crippen LogP contribution in [0.25, 0.3) is 11.1 Å². The van der Waals surface area contributed by atoms with E-state index in [9.17, 15) is 4.79 Å². The molecule has 0 atom stereocenters. The van der Waals surface area contributed by atoms with Gasteiger partial charge in [0.15, 0.2) is 0 Å². The van der Waals surface area contributed by atoms with E-state index in [1.807, 2.05) is 47.4 Å². The van der Waals surface area contributed by atoms with Crippen molar-refractivity contribution >= 4 is 5.91 Å². The SMILES string of the molecule is O=C(c1ccccc1-c1ccccc1)N1CCC2(CC1)OCc1ccccc12. The number of fused-ring (bicyclic) bond motifs is 2. The molecule has 0 saturated carbocycles. The minimum absolute atomic E-state index is 0.112. The molecule has 1 saturated heterocycles. The Hall–Kier alpha value is -2.91. The second kappa shape index (κ2) is 6.92. The molecule has 140 valence electrons. The van der Waals surface area contributed by atoms with Gasteiger partial charge in [0.1, 0.15) is 0 Å². The number of likely N-dealkylation sites (tertiary alicyclic amines) is 1. The fourth-order valence-electron chi connectivity index (χ4n) is 4.58. The fourth-order valence-corrected chi connectivity index (χ4v) is 4.58. The van der Waals surface area contributed by atoms with Crippen molar-refractivity contribution in [2.75, 3.05) is 13.1 Å². The van der Waals surface area contributed by atoms with Gasteiger partial charge in [-0.05, 0) is 41.2 Å². The molecule has 1 amide bonds. The molecule has 0 unspecified atom stereocenters. The third kappa shape index (κ3) is 2.83. The molecular weight excluding hydrogens is 346 g/mol. The average molecular weight is 369 g/mol. The first kappa shape index (κ1) is 17.2. The summed E-state index contributed by atoms with van der Waals surface area (Å²) in [4.78, 5) is 15.3. The third-order valence-electron chi connectivity index (χ3n) is 6.11. The van der Waals surface area contributed by atoms with E-state index < -0.39 is 0 Å². The molecule has 0 aliphatic carbocycles. The van der Waals surface area contributed by atoms with Gasteiger partial charge in [-0.1, -0.05) is 72.8 Å². The number of rotatable bonds is 2. The molecule has 1 fully saturated rings. The summed E-state index contributed by atoms with van der Waals surface area (Å²) >= 11 is 0. The molecule has 3 nitrogen and oxygen atoms in total. The van der Waals surface area contributed by atoms with Crippen LogP contribution in [-0.4, -0.2) is 23.9 Å². The van der Waals surface area contributed by atoms with E-state index in [-0.39, 0.29) is 11.5 Å². The van der Waals surface area contributed by atoms with E-state index in [1.165, 1.54) is 11.1 Å². The molecule has 0 bridgehead atoms. The summed E-state index contributed by atoms with van der Waals surface area (Å²) in [5.41, 5.74) is 5.23. The van der Waals surface area contributed by atoms with Crippen LogP contribution in [0.15, 0.2) is 78.9 Å². The number of amides is 1. The van der Waals surface area contributed by atoms with Crippen LogP contribution in [0, 0.1) is 0 Å². The summed E-state index contributed by atoms with van der Waals surface area (Å²) in [7, 11) is 0. The van der Waals surface area contributed by atoms with Crippen LogP contribution in [0.1, 0.15) is 34.3 Å². The molecule has 2 aliphatic heterocycles. The summed E-state index contributed by atoms with van der Waals surface area (Å²) < 4.78 is 6.24. The summed E-state index contributed by atoms with van der Waals surface area (Å²) in [6, 6.07) is 26.5. The predicted molar refractivity (Wildman–Crippen MR) is 110 cm³/mol. The first-order valence-corrected chi connectivity index (χ1v) is 9.93. The molecular formula is C25H23NO2. The van der Waals surface area contributed by atoms with Crippen molar-refractivity contribution in [3.63, 3.8) is 0 Å². The van der Waals surface area contributed by atoms with E-state index in [0.29, 0.717) is 6.61 Å². The van der Waals surface area contributed by atoms with Gasteiger partial charge in [-0.15, -0.1) is 0 Å². The summed E-state index contributed by atoms with van der Waals surface area (Å²) in [6.45, 7) is 2.12. The van der Waals surface area contributed by atoms with Gasteiger partial charge >= 0.3 is 0 Å². The minimum atomic E-state index is -0.216. The largest absolute Gasteiger partial charge is 0.365 e. The zero-order valence-corrected chi connectivity index (χ0v) is 15.8. The Bertz CT molecular complexity index is 1000. The van der Waals surface area contributed by atoms with Gasteiger partial charge in [0.25, 0.3) is 5.91 Å². The maximum atomic E-state index is 13.3. The number of carbonyl (C=O) groups excluding carboxylic acids is 1. The molecule has 3 aromatic rings. The summed E-state index contributed by atoms with van der Waals surface area (Å²) in [5.74, 6) is 0.112. The van der Waals surface area contributed by atoms with Gasteiger partial charge < -0.3 is 9.64 Å². The Morgan fingerprint density at radius 2 is 1.50 bits per heavy atom. The van der Waals surface area contributed by atoms with Crippen molar-refractivity contribution in [1.82, 2.24) is 4.90 Å². The number of ether oxygens (including phenoxy) is 1. The second-order valence-corrected chi connectivity index (χ2v) is 7.64. The topological polar surface area (TPSA) is 29.5 Å². The Morgan fingerprint density at radius 3 is 2.32 bits per heavy atom. The standard InChI is InChI=1S/C25H23NO2/c27-24(22-12-6-5-11-21(22)19-8-2-1-3-9-19)26-16-14-25(15-17-26)23-13-7-4-10-20(23)18-28-25/h1-13H,14-18H2. The van der Waals surface area contributed by atoms with E-state index in [4.69, 9.17) is 4.74 Å². The minimum Gasteiger partial charge on any atom is -0.365 e. The number of hydrogen-bond acceptors (Lipinski definition) is 2. The van der Waals surface area contributed by atoms with Crippen LogP contribution in [0.3, 0.4) is 0 Å². The lowest BCUT2D eigenvalue weighted by atomic mass is 9.83. The lowest BCUT2D eigenvalue weighted by molar-refractivity contribution is -0.0741. The maximum Gasteiger partial charge on any atom is 0.254 e. The Balaban J connectivity index is 1.38. The van der Waals surface area contributed by atoms with E-state index in [1.54, 1.807) is 0 Å². The highest BCUT2D eigenvalue weighted by atomic mass is 16.5. The van der Waals surface area contributed by atoms with Crippen LogP contribution < -0.4 is 0 Å². The van der Waals surface area contributed by atoms with Crippen molar-refractivity contribution in [1.29, 1.82) is 0 Å². The van der Waals surface area contributed by atoms with Crippen molar-refractivity contribution in [3.8, 4) is 11.1 Å². The Morgan fingerprint density at radius 1 is 0.821 bits per heavy atom. The normalized spacial score (nSPS) is 17.5. The monoisotopic (exact) mass is 369 g/mol. The highest BCUT2D eigenvalue weighted by molar-refractivity contribution is 6.01. The lowest BCUT2D eigenvalue weighted by Crippen LogP contribution is -2.45. The molecule has 0 N–H and O–H groups in total. The zero-order valence-electron chi connectivity index (χ0n) is 15.8. The second-order valence-electron chi connectivity index (χ2n) is 7.64. The third-order valence-corrected chi connectivity index (χ3v) is 6.11. The zero-order chi connectivity index (χ0) is 19.0. The van der Waals surface area contributed by atoms with Gasteiger partial charge in [-0.2, -0.15) is 0 Å². The fraction of sp³-hybridized carbons (Fsp3) is 0.240. The van der Waals surface area contributed by atoms with Crippen LogP contribution >= 0.6 is 0 Å². The maximum absolute atomic E-state index is 13.3. The molecule has 0 aromatic heterocycles. The number of piperidine rings is 1. The summed E-state index contributed by atoms with van der Waals surface area (Å²) in [6.07, 6.45) is 1.70. The molecule has 2 heterocycles. The van der Waals surface area contributed by atoms with Gasteiger partial charge in [-0.3, -0.25) is 4.79 Å². The first-order valence-electron chi connectivity index (χ1n) is 9.93. The van der Waals surface area contributed by atoms with Crippen LogP contribution in [0.2, 0.25) is 0 Å². The van der Waals surface area contributed by atoms with Crippen LogP contribution in [0.5, 0.6) is 0 Å². The summed E-state index contributed by atoms with van der Waals surface area (Å²) in [5, 5.41) is 0. The van der Waals surface area contributed by atoms with Gasteiger partial charge in [0.2, 0.25) is 0 Å². The number of nitrogens with zero attached hydrogens (tertiary/aromatic N) is 1. The van der Waals surface area contributed by atoms with Gasteiger partial charge in [0, 0.05) is 18.7 Å². The molecule has 1 spiro atoms. The Labute approximate surface area is 165 Å². The quantitative estimate of drug-likeness (QED) is 0.635. The van der Waals surface area contributed by atoms with Crippen LogP contribution in [-0.2, 0) is 16.9 Å². The van der Waals surface area contributed by atoms with Crippen molar-refractivity contribution in [2.45, 2.75) is 25.0 Å². The predicted octanol–water partition coefficient (Wildman–Crippen LogP) is 5.02. The molecule has 3 heteroatoms. The highest BCUT2D eigenvalue weighted by Gasteiger charge is 2.43. The number of benzene rings is 3. The number of carbonyl (C=O) groups is 1. The van der Waals surface area contributed by atoms with E-state index in [2.05, 4.69) is 36.4 Å². The van der Waals surface area contributed by atoms with Crippen molar-refractivity contribution < 1.29 is 9.53 Å². The average Bonchev–Trinajstić information content (AvgIpc) is 3.13. The molecule has 3 aromatic carbocycles. The molecule has 28 heavy (non-hydrogen) atoms. The molecule has 2 aliphatic rings. The first-order chi connectivity index (χ1) is 13.8. The Kier molecular flexibility index (Phi) is 4.25. The van der Waals surface area contributed by atoms with Crippen molar-refractivity contribution in [2.24, 2.45) is 0 Å². The number of hydrogen-bond donors (Lipinski definition) is 0. The van der Waals surface area contributed by atoms with Gasteiger partial charge in [0.05, 0.1) is 12.2 Å². The van der Waals surface area contributed by atoms with E-state index >= 15 is 0 Å².